The van der Waals surface area contributed by atoms with Crippen LogP contribution in [-0.2, 0) is 12.8 Å². The summed E-state index contributed by atoms with van der Waals surface area (Å²) in [6, 6.07) is 5.70. The molecule has 0 aliphatic heterocycles. The number of anilines is 1. The molecule has 0 aromatic heterocycles. The van der Waals surface area contributed by atoms with E-state index in [2.05, 4.69) is 36.6 Å². The Balaban J connectivity index is 2.77. The van der Waals surface area contributed by atoms with Gasteiger partial charge in [-0.15, -0.1) is 0 Å². The molecule has 3 N–H and O–H groups in total. The van der Waals surface area contributed by atoms with Gasteiger partial charge in [0, 0.05) is 5.69 Å². The van der Waals surface area contributed by atoms with Crippen LogP contribution in [0.25, 0.3) is 0 Å². The van der Waals surface area contributed by atoms with E-state index in [1.54, 1.807) is 0 Å². The first kappa shape index (κ1) is 15.5. The van der Waals surface area contributed by atoms with Crippen molar-refractivity contribution in [3.8, 4) is 0 Å². The van der Waals surface area contributed by atoms with Gasteiger partial charge in [-0.1, -0.05) is 32.9 Å². The van der Waals surface area contributed by atoms with Crippen molar-refractivity contribution >= 4 is 11.7 Å². The SMILES string of the molecule is CCc1ccc(CC)c(NC(=O)NC(CC)CO)c1. The van der Waals surface area contributed by atoms with Crippen LogP contribution in [0.1, 0.15) is 38.3 Å². The van der Waals surface area contributed by atoms with E-state index in [1.807, 2.05) is 13.0 Å². The Kier molecular flexibility index (Phi) is 6.36. The normalized spacial score (nSPS) is 12.0. The summed E-state index contributed by atoms with van der Waals surface area (Å²) in [6.07, 6.45) is 2.52. The Morgan fingerprint density at radius 3 is 2.53 bits per heavy atom. The first-order valence-electron chi connectivity index (χ1n) is 6.94. The Bertz CT molecular complexity index is 415. The second-order valence-corrected chi connectivity index (χ2v) is 4.58. The van der Waals surface area contributed by atoms with Gasteiger partial charge in [0.05, 0.1) is 12.6 Å². The largest absolute Gasteiger partial charge is 0.394 e. The number of aryl methyl sites for hydroxylation is 2. The van der Waals surface area contributed by atoms with Gasteiger partial charge in [-0.2, -0.15) is 0 Å². The third-order valence-corrected chi connectivity index (χ3v) is 3.26. The molecule has 0 bridgehead atoms. The first-order valence-corrected chi connectivity index (χ1v) is 6.94. The molecule has 0 aliphatic rings. The molecular weight excluding hydrogens is 240 g/mol. The number of carbonyl (C=O) groups excluding carboxylic acids is 1. The molecule has 0 saturated carbocycles. The topological polar surface area (TPSA) is 61.4 Å². The average molecular weight is 264 g/mol. The Morgan fingerprint density at radius 1 is 1.26 bits per heavy atom. The number of aliphatic hydroxyl groups is 1. The van der Waals surface area contributed by atoms with Crippen LogP contribution in [0.15, 0.2) is 18.2 Å². The molecule has 1 unspecified atom stereocenters. The highest BCUT2D eigenvalue weighted by Crippen LogP contribution is 2.19. The van der Waals surface area contributed by atoms with E-state index in [9.17, 15) is 4.79 Å². The van der Waals surface area contributed by atoms with Crippen LogP contribution in [0.4, 0.5) is 10.5 Å². The molecule has 0 radical (unpaired) electrons. The monoisotopic (exact) mass is 264 g/mol. The summed E-state index contributed by atoms with van der Waals surface area (Å²) in [5, 5.41) is 14.7. The summed E-state index contributed by atoms with van der Waals surface area (Å²) in [7, 11) is 0. The molecule has 0 spiro atoms. The summed E-state index contributed by atoms with van der Waals surface area (Å²) in [5.74, 6) is 0. The van der Waals surface area contributed by atoms with Crippen LogP contribution >= 0.6 is 0 Å². The smallest absolute Gasteiger partial charge is 0.319 e. The quantitative estimate of drug-likeness (QED) is 0.740. The zero-order valence-electron chi connectivity index (χ0n) is 12.0. The van der Waals surface area contributed by atoms with E-state index in [4.69, 9.17) is 5.11 Å². The van der Waals surface area contributed by atoms with E-state index in [1.165, 1.54) is 5.56 Å². The van der Waals surface area contributed by atoms with Crippen molar-refractivity contribution in [2.45, 2.75) is 46.1 Å². The van der Waals surface area contributed by atoms with Gasteiger partial charge in [0.25, 0.3) is 0 Å². The number of hydrogen-bond donors (Lipinski definition) is 3. The lowest BCUT2D eigenvalue weighted by Crippen LogP contribution is -2.39. The van der Waals surface area contributed by atoms with Gasteiger partial charge in [-0.05, 0) is 36.5 Å². The average Bonchev–Trinajstić information content (AvgIpc) is 2.44. The highest BCUT2D eigenvalue weighted by Gasteiger charge is 2.10. The minimum absolute atomic E-state index is 0.0421. The Morgan fingerprint density at radius 2 is 2.00 bits per heavy atom. The van der Waals surface area contributed by atoms with E-state index in [-0.39, 0.29) is 18.7 Å². The fourth-order valence-electron chi connectivity index (χ4n) is 1.89. The van der Waals surface area contributed by atoms with E-state index in [0.717, 1.165) is 24.1 Å². The number of hydrogen-bond acceptors (Lipinski definition) is 2. The summed E-state index contributed by atoms with van der Waals surface area (Å²) in [5.41, 5.74) is 3.17. The van der Waals surface area contributed by atoms with Crippen LogP contribution in [0.2, 0.25) is 0 Å². The third-order valence-electron chi connectivity index (χ3n) is 3.26. The van der Waals surface area contributed by atoms with Crippen molar-refractivity contribution in [1.82, 2.24) is 5.32 Å². The molecule has 1 atom stereocenters. The van der Waals surface area contributed by atoms with Crippen molar-refractivity contribution in [2.75, 3.05) is 11.9 Å². The maximum absolute atomic E-state index is 11.9. The first-order chi connectivity index (χ1) is 9.14. The molecule has 0 aliphatic carbocycles. The number of aliphatic hydroxyl groups excluding tert-OH is 1. The van der Waals surface area contributed by atoms with Crippen molar-refractivity contribution in [1.29, 1.82) is 0 Å². The summed E-state index contributed by atoms with van der Waals surface area (Å²) >= 11 is 0. The molecule has 0 fully saturated rings. The van der Waals surface area contributed by atoms with Crippen LogP contribution in [0.5, 0.6) is 0 Å². The molecule has 106 valence electrons. The van der Waals surface area contributed by atoms with Gasteiger partial charge in [-0.3, -0.25) is 0 Å². The summed E-state index contributed by atoms with van der Waals surface area (Å²) in [6.45, 7) is 6.03. The lowest BCUT2D eigenvalue weighted by atomic mass is 10.1. The Labute approximate surface area is 115 Å². The van der Waals surface area contributed by atoms with Crippen LogP contribution < -0.4 is 10.6 Å². The molecule has 0 heterocycles. The molecule has 2 amide bonds. The van der Waals surface area contributed by atoms with Crippen molar-refractivity contribution in [3.05, 3.63) is 29.3 Å². The van der Waals surface area contributed by atoms with Crippen LogP contribution in [0.3, 0.4) is 0 Å². The molecule has 1 rings (SSSR count). The molecule has 1 aromatic carbocycles. The fraction of sp³-hybridized carbons (Fsp3) is 0.533. The minimum Gasteiger partial charge on any atom is -0.394 e. The number of urea groups is 1. The Hall–Kier alpha value is -1.55. The van der Waals surface area contributed by atoms with Gasteiger partial charge in [0.15, 0.2) is 0 Å². The second kappa shape index (κ2) is 7.79. The van der Waals surface area contributed by atoms with Crippen molar-refractivity contribution in [3.63, 3.8) is 0 Å². The standard InChI is InChI=1S/C15H24N2O2/c1-4-11-7-8-12(5-2)14(9-11)17-15(19)16-13(6-3)10-18/h7-9,13,18H,4-6,10H2,1-3H3,(H2,16,17,19). The number of amides is 2. The van der Waals surface area contributed by atoms with E-state index >= 15 is 0 Å². The minimum atomic E-state index is -0.260. The predicted molar refractivity (Wildman–Crippen MR) is 78.5 cm³/mol. The molecule has 0 saturated heterocycles. The van der Waals surface area contributed by atoms with Crippen molar-refractivity contribution < 1.29 is 9.90 Å². The molecular formula is C15H24N2O2. The molecule has 4 heteroatoms. The number of nitrogens with one attached hydrogen (secondary N) is 2. The lowest BCUT2D eigenvalue weighted by Gasteiger charge is -2.16. The highest BCUT2D eigenvalue weighted by molar-refractivity contribution is 5.90. The zero-order chi connectivity index (χ0) is 14.3. The third kappa shape index (κ3) is 4.56. The fourth-order valence-corrected chi connectivity index (χ4v) is 1.89. The molecule has 4 nitrogen and oxygen atoms in total. The summed E-state index contributed by atoms with van der Waals surface area (Å²) in [4.78, 5) is 11.9. The number of rotatable bonds is 6. The zero-order valence-corrected chi connectivity index (χ0v) is 12.0. The van der Waals surface area contributed by atoms with E-state index < -0.39 is 0 Å². The van der Waals surface area contributed by atoms with Gasteiger partial charge in [-0.25, -0.2) is 4.79 Å². The second-order valence-electron chi connectivity index (χ2n) is 4.58. The maximum Gasteiger partial charge on any atom is 0.319 e. The molecule has 19 heavy (non-hydrogen) atoms. The van der Waals surface area contributed by atoms with E-state index in [0.29, 0.717) is 6.42 Å². The maximum atomic E-state index is 11.9. The summed E-state index contributed by atoms with van der Waals surface area (Å²) < 4.78 is 0. The van der Waals surface area contributed by atoms with Gasteiger partial charge in [0.1, 0.15) is 0 Å². The van der Waals surface area contributed by atoms with Crippen LogP contribution in [0, 0.1) is 0 Å². The number of carbonyl (C=O) groups is 1. The molecule has 1 aromatic rings. The van der Waals surface area contributed by atoms with Crippen LogP contribution in [-0.4, -0.2) is 23.8 Å². The van der Waals surface area contributed by atoms with Crippen molar-refractivity contribution in [2.24, 2.45) is 0 Å². The van der Waals surface area contributed by atoms with Gasteiger partial charge < -0.3 is 15.7 Å². The van der Waals surface area contributed by atoms with Gasteiger partial charge in [0.2, 0.25) is 0 Å². The van der Waals surface area contributed by atoms with Gasteiger partial charge >= 0.3 is 6.03 Å². The predicted octanol–water partition coefficient (Wildman–Crippen LogP) is 2.70. The number of benzene rings is 1. The lowest BCUT2D eigenvalue weighted by molar-refractivity contribution is 0.222. The highest BCUT2D eigenvalue weighted by atomic mass is 16.3.